The normalized spacial score (nSPS) is 41.2. The van der Waals surface area contributed by atoms with Gasteiger partial charge in [-0.1, -0.05) is 77.8 Å². The summed E-state index contributed by atoms with van der Waals surface area (Å²) in [5.41, 5.74) is 1.69. The molecule has 1 amide bonds. The molecule has 2 N–H and O–H groups in total. The lowest BCUT2D eigenvalue weighted by molar-refractivity contribution is -0.214. The predicted octanol–water partition coefficient (Wildman–Crippen LogP) is 10.0. The third-order valence-corrected chi connectivity index (χ3v) is 13.6. The van der Waals surface area contributed by atoms with Gasteiger partial charge in [-0.3, -0.25) is 4.79 Å². The Bertz CT molecular complexity index is 1080. The van der Waals surface area contributed by atoms with E-state index in [1.165, 1.54) is 51.4 Å². The zero-order valence-corrected chi connectivity index (χ0v) is 28.5. The van der Waals surface area contributed by atoms with Crippen molar-refractivity contribution < 1.29 is 9.90 Å². The highest BCUT2D eigenvalue weighted by atomic mass is 35.5. The van der Waals surface area contributed by atoms with Crippen LogP contribution in [-0.4, -0.2) is 17.1 Å². The lowest BCUT2D eigenvalue weighted by Crippen LogP contribution is -2.63. The van der Waals surface area contributed by atoms with Crippen LogP contribution in [0.3, 0.4) is 0 Å². The van der Waals surface area contributed by atoms with E-state index in [1.807, 2.05) is 45.0 Å². The van der Waals surface area contributed by atoms with Gasteiger partial charge in [-0.15, -0.1) is 6.58 Å². The van der Waals surface area contributed by atoms with Crippen molar-refractivity contribution in [3.05, 3.63) is 47.5 Å². The van der Waals surface area contributed by atoms with Gasteiger partial charge in [-0.25, -0.2) is 0 Å². The summed E-state index contributed by atoms with van der Waals surface area (Å²) < 4.78 is 0. The number of fused-ring (bicyclic) bond motifs is 7. The Labute approximate surface area is 262 Å². The summed E-state index contributed by atoms with van der Waals surface area (Å²) >= 11 is 6.06. The van der Waals surface area contributed by atoms with Crippen molar-refractivity contribution in [1.29, 1.82) is 0 Å². The second kappa shape index (κ2) is 13.0. The molecule has 0 bridgehead atoms. The molecule has 4 heteroatoms. The van der Waals surface area contributed by atoms with Gasteiger partial charge < -0.3 is 10.4 Å². The highest BCUT2D eigenvalue weighted by Gasteiger charge is 2.67. The molecule has 0 aliphatic heterocycles. The zero-order chi connectivity index (χ0) is 30.9. The summed E-state index contributed by atoms with van der Waals surface area (Å²) in [7, 11) is 0. The summed E-state index contributed by atoms with van der Waals surface area (Å²) in [5.74, 6) is 3.67. The number of hydrogen-bond acceptors (Lipinski definition) is 2. The number of nitrogens with one attached hydrogen (secondary N) is 1. The van der Waals surface area contributed by atoms with Gasteiger partial charge in [0.2, 0.25) is 5.91 Å². The first-order valence-corrected chi connectivity index (χ1v) is 17.6. The monoisotopic (exact) mass is 597 g/mol. The molecule has 0 saturated heterocycles. The van der Waals surface area contributed by atoms with Gasteiger partial charge in [-0.05, 0) is 135 Å². The minimum atomic E-state index is -0.161. The number of carbonyl (C=O) groups is 1. The van der Waals surface area contributed by atoms with Crippen molar-refractivity contribution in [2.75, 3.05) is 0 Å². The highest BCUT2D eigenvalue weighted by molar-refractivity contribution is 6.30. The number of amides is 1. The van der Waals surface area contributed by atoms with Gasteiger partial charge in [0.05, 0.1) is 11.5 Å². The Morgan fingerprint density at radius 1 is 0.905 bits per heavy atom. The fourth-order valence-electron chi connectivity index (χ4n) is 11.6. The van der Waals surface area contributed by atoms with Crippen LogP contribution in [0.15, 0.2) is 36.9 Å². The molecular weight excluding hydrogens is 538 g/mol. The molecule has 42 heavy (non-hydrogen) atoms. The van der Waals surface area contributed by atoms with E-state index in [0.29, 0.717) is 41.0 Å². The van der Waals surface area contributed by atoms with E-state index >= 15 is 0 Å². The smallest absolute Gasteiger partial charge is 0.226 e. The van der Waals surface area contributed by atoms with E-state index in [2.05, 4.69) is 39.6 Å². The molecule has 1 aromatic carbocycles. The van der Waals surface area contributed by atoms with Crippen molar-refractivity contribution in [3.8, 4) is 0 Å². The topological polar surface area (TPSA) is 49.3 Å². The Morgan fingerprint density at radius 3 is 2.21 bits per heavy atom. The van der Waals surface area contributed by atoms with Crippen LogP contribution < -0.4 is 5.32 Å². The molecule has 5 aliphatic rings. The van der Waals surface area contributed by atoms with Crippen LogP contribution in [0, 0.1) is 51.2 Å². The van der Waals surface area contributed by atoms with E-state index in [-0.39, 0.29) is 16.9 Å². The standard InChI is InChI=1S/C33H48ClNO2.C3H6.C2H6/c1-30(2)26-14-17-31(3)24-13-19-33(29(37)35-20-21-7-9-22(34)10-8-21)16-5-6-25(33)23(24)11-12-27(31)32(26,4)18-15-28(30)36;1-3-2;1-2/h7-10,23-28,36H,5-6,11-20H2,1-4H3,(H,35,37);3H,1H2,2H3;1-2H3. The molecule has 5 saturated carbocycles. The first-order valence-electron chi connectivity index (χ1n) is 17.2. The SMILES string of the molecule is C=CC.CC.CC1(C)C(O)CCC2(C)C1CCC1(C)C3CCC4(C(=O)NCc5ccc(Cl)cc5)CCCC4C3CCC12. The Balaban J connectivity index is 0.000000763. The Hall–Kier alpha value is -1.32. The van der Waals surface area contributed by atoms with E-state index in [9.17, 15) is 9.90 Å². The fraction of sp³-hybridized carbons (Fsp3) is 0.763. The van der Waals surface area contributed by atoms with Crippen LogP contribution in [-0.2, 0) is 11.3 Å². The lowest BCUT2D eigenvalue weighted by atomic mass is 9.36. The number of rotatable bonds is 3. The Morgan fingerprint density at radius 2 is 1.55 bits per heavy atom. The molecule has 3 nitrogen and oxygen atoms in total. The molecule has 0 aromatic heterocycles. The molecule has 9 unspecified atom stereocenters. The number of aliphatic hydroxyl groups is 1. The molecule has 5 fully saturated rings. The molecule has 1 aromatic rings. The molecule has 0 spiro atoms. The predicted molar refractivity (Wildman–Crippen MR) is 177 cm³/mol. The third kappa shape index (κ3) is 5.53. The molecule has 236 valence electrons. The second-order valence-corrected chi connectivity index (χ2v) is 15.7. The summed E-state index contributed by atoms with van der Waals surface area (Å²) in [6.07, 6.45) is 14.7. The average Bonchev–Trinajstić information content (AvgIpc) is 3.42. The molecule has 9 atom stereocenters. The number of aliphatic hydroxyl groups excluding tert-OH is 1. The van der Waals surface area contributed by atoms with Crippen LogP contribution >= 0.6 is 11.6 Å². The number of carbonyl (C=O) groups excluding carboxylic acids is 1. The van der Waals surface area contributed by atoms with Crippen molar-refractivity contribution in [2.45, 2.75) is 132 Å². The van der Waals surface area contributed by atoms with Gasteiger partial charge in [0.15, 0.2) is 0 Å². The van der Waals surface area contributed by atoms with Crippen LogP contribution in [0.4, 0.5) is 0 Å². The molecule has 5 aliphatic carbocycles. The number of allylic oxidation sites excluding steroid dienone is 1. The van der Waals surface area contributed by atoms with Gasteiger partial charge in [0.25, 0.3) is 0 Å². The van der Waals surface area contributed by atoms with E-state index < -0.39 is 0 Å². The van der Waals surface area contributed by atoms with Crippen molar-refractivity contribution in [3.63, 3.8) is 0 Å². The maximum absolute atomic E-state index is 13.9. The average molecular weight is 598 g/mol. The van der Waals surface area contributed by atoms with Crippen LogP contribution in [0.2, 0.25) is 5.02 Å². The quantitative estimate of drug-likeness (QED) is 0.341. The van der Waals surface area contributed by atoms with Gasteiger partial charge in [0, 0.05) is 11.6 Å². The summed E-state index contributed by atoms with van der Waals surface area (Å²) in [6, 6.07) is 7.86. The van der Waals surface area contributed by atoms with Gasteiger partial charge >= 0.3 is 0 Å². The van der Waals surface area contributed by atoms with E-state index in [1.54, 1.807) is 6.08 Å². The second-order valence-electron chi connectivity index (χ2n) is 15.3. The molecule has 0 heterocycles. The van der Waals surface area contributed by atoms with E-state index in [4.69, 9.17) is 11.6 Å². The van der Waals surface area contributed by atoms with Gasteiger partial charge in [-0.2, -0.15) is 0 Å². The van der Waals surface area contributed by atoms with Crippen LogP contribution in [0.25, 0.3) is 0 Å². The van der Waals surface area contributed by atoms with Crippen molar-refractivity contribution in [1.82, 2.24) is 5.32 Å². The molecule has 6 rings (SSSR count). The third-order valence-electron chi connectivity index (χ3n) is 13.3. The first kappa shape index (κ1) is 33.6. The van der Waals surface area contributed by atoms with Gasteiger partial charge in [0.1, 0.15) is 0 Å². The first-order chi connectivity index (χ1) is 19.9. The minimum Gasteiger partial charge on any atom is -0.393 e. The van der Waals surface area contributed by atoms with E-state index in [0.717, 1.165) is 41.7 Å². The summed E-state index contributed by atoms with van der Waals surface area (Å²) in [6.45, 7) is 19.8. The maximum atomic E-state index is 13.9. The maximum Gasteiger partial charge on any atom is 0.226 e. The highest BCUT2D eigenvalue weighted by Crippen LogP contribution is 2.73. The number of benzene rings is 1. The molecular formula is C38H60ClNO2. The van der Waals surface area contributed by atoms with Crippen LogP contribution in [0.1, 0.15) is 125 Å². The minimum absolute atomic E-state index is 0.0144. The van der Waals surface area contributed by atoms with Crippen molar-refractivity contribution >= 4 is 17.5 Å². The lowest BCUT2D eigenvalue weighted by Gasteiger charge is -2.69. The Kier molecular flexibility index (Phi) is 10.4. The fourth-order valence-corrected chi connectivity index (χ4v) is 11.7. The molecule has 0 radical (unpaired) electrons. The number of hydrogen-bond donors (Lipinski definition) is 2. The largest absolute Gasteiger partial charge is 0.393 e. The van der Waals surface area contributed by atoms with Crippen LogP contribution in [0.5, 0.6) is 0 Å². The van der Waals surface area contributed by atoms with Crippen molar-refractivity contribution in [2.24, 2.45) is 51.2 Å². The summed E-state index contributed by atoms with van der Waals surface area (Å²) in [4.78, 5) is 13.9. The zero-order valence-electron chi connectivity index (χ0n) is 27.8. The summed E-state index contributed by atoms with van der Waals surface area (Å²) in [5, 5.41) is 15.0. The number of halogens is 1.